The molecule has 106 valence electrons. The fourth-order valence-electron chi connectivity index (χ4n) is 2.24. The predicted octanol–water partition coefficient (Wildman–Crippen LogP) is 3.92. The second-order valence-corrected chi connectivity index (χ2v) is 5.79. The first-order chi connectivity index (χ1) is 10.1. The molecule has 0 aliphatic rings. The summed E-state index contributed by atoms with van der Waals surface area (Å²) in [6, 6.07) is 9.73. The maximum atomic E-state index is 10.9. The van der Waals surface area contributed by atoms with Crippen LogP contribution in [0.3, 0.4) is 0 Å². The van der Waals surface area contributed by atoms with Crippen LogP contribution in [-0.4, -0.2) is 16.1 Å². The molecule has 5 heteroatoms. The lowest BCUT2D eigenvalue weighted by Gasteiger charge is -2.10. The molecule has 1 aromatic carbocycles. The smallest absolute Gasteiger partial charge is 0.336 e. The number of nitrogens with one attached hydrogen (secondary N) is 1. The van der Waals surface area contributed by atoms with Gasteiger partial charge in [0.25, 0.3) is 0 Å². The molecule has 0 spiro atoms. The highest BCUT2D eigenvalue weighted by molar-refractivity contribution is 7.10. The first-order valence-electron chi connectivity index (χ1n) is 6.54. The molecule has 2 aromatic heterocycles. The third-order valence-corrected chi connectivity index (χ3v) is 4.26. The molecule has 0 atom stereocenters. The molecule has 2 heterocycles. The van der Waals surface area contributed by atoms with Crippen LogP contribution in [0.5, 0.6) is 0 Å². The molecule has 0 bridgehead atoms. The molecule has 0 saturated carbocycles. The van der Waals surface area contributed by atoms with Crippen LogP contribution in [0.2, 0.25) is 0 Å². The van der Waals surface area contributed by atoms with Gasteiger partial charge in [0.1, 0.15) is 0 Å². The highest BCUT2D eigenvalue weighted by Crippen LogP contribution is 2.25. The van der Waals surface area contributed by atoms with E-state index in [4.69, 9.17) is 5.11 Å². The summed E-state index contributed by atoms with van der Waals surface area (Å²) in [5.74, 6) is -0.887. The number of thiophene rings is 1. The minimum absolute atomic E-state index is 0.340. The molecular formula is C16H14N2O2S. The number of aromatic carboxylic acids is 1. The van der Waals surface area contributed by atoms with Gasteiger partial charge in [-0.05, 0) is 36.8 Å². The number of aromatic nitrogens is 1. The molecular weight excluding hydrogens is 284 g/mol. The van der Waals surface area contributed by atoms with Gasteiger partial charge in [0, 0.05) is 34.1 Å². The van der Waals surface area contributed by atoms with Crippen LogP contribution in [0, 0.1) is 6.92 Å². The van der Waals surface area contributed by atoms with Crippen molar-refractivity contribution in [3.63, 3.8) is 0 Å². The van der Waals surface area contributed by atoms with Crippen LogP contribution in [0.4, 0.5) is 5.69 Å². The number of aryl methyl sites for hydroxylation is 1. The van der Waals surface area contributed by atoms with E-state index in [0.717, 1.165) is 27.0 Å². The van der Waals surface area contributed by atoms with Crippen LogP contribution in [0.1, 0.15) is 20.8 Å². The van der Waals surface area contributed by atoms with E-state index in [0.29, 0.717) is 12.1 Å². The number of nitrogens with zero attached hydrogens (tertiary/aromatic N) is 1. The number of hydrogen-bond acceptors (Lipinski definition) is 4. The number of anilines is 1. The summed E-state index contributed by atoms with van der Waals surface area (Å²) in [7, 11) is 0. The molecule has 0 unspecified atom stereocenters. The lowest BCUT2D eigenvalue weighted by atomic mass is 10.1. The van der Waals surface area contributed by atoms with Gasteiger partial charge >= 0.3 is 5.97 Å². The van der Waals surface area contributed by atoms with Gasteiger partial charge in [0.2, 0.25) is 0 Å². The summed E-state index contributed by atoms with van der Waals surface area (Å²) in [5, 5.41) is 15.0. The first kappa shape index (κ1) is 13.6. The Morgan fingerprint density at radius 3 is 3.00 bits per heavy atom. The summed E-state index contributed by atoms with van der Waals surface area (Å²) in [6.45, 7) is 2.64. The summed E-state index contributed by atoms with van der Waals surface area (Å²) < 4.78 is 0. The third-order valence-electron chi connectivity index (χ3n) is 3.33. The Kier molecular flexibility index (Phi) is 3.58. The van der Waals surface area contributed by atoms with E-state index in [9.17, 15) is 4.79 Å². The average Bonchev–Trinajstić information content (AvgIpc) is 2.96. The van der Waals surface area contributed by atoms with Gasteiger partial charge < -0.3 is 10.4 Å². The molecule has 0 amide bonds. The zero-order valence-corrected chi connectivity index (χ0v) is 12.3. The number of pyridine rings is 1. The van der Waals surface area contributed by atoms with Crippen molar-refractivity contribution in [2.24, 2.45) is 0 Å². The quantitative estimate of drug-likeness (QED) is 0.766. The molecule has 0 aliphatic heterocycles. The van der Waals surface area contributed by atoms with Crippen molar-refractivity contribution in [3.05, 3.63) is 57.9 Å². The Labute approximate surface area is 126 Å². The molecule has 0 radical (unpaired) electrons. The molecule has 0 aliphatic carbocycles. The first-order valence-corrected chi connectivity index (χ1v) is 7.42. The van der Waals surface area contributed by atoms with Gasteiger partial charge in [0.15, 0.2) is 0 Å². The van der Waals surface area contributed by atoms with E-state index in [1.54, 1.807) is 17.6 Å². The van der Waals surface area contributed by atoms with Crippen LogP contribution in [0.15, 0.2) is 41.9 Å². The molecule has 0 fully saturated rings. The number of hydrogen-bond donors (Lipinski definition) is 2. The maximum Gasteiger partial charge on any atom is 0.336 e. The van der Waals surface area contributed by atoms with Gasteiger partial charge in [0.05, 0.1) is 11.1 Å². The lowest BCUT2D eigenvalue weighted by Crippen LogP contribution is -1.99. The molecule has 3 aromatic rings. The SMILES string of the molecule is Cc1ccc(NCc2cc(C(=O)O)cs2)c2cccnc12. The summed E-state index contributed by atoms with van der Waals surface area (Å²) >= 11 is 1.45. The Bertz CT molecular complexity index is 811. The van der Waals surface area contributed by atoms with E-state index >= 15 is 0 Å². The number of rotatable bonds is 4. The predicted molar refractivity (Wildman–Crippen MR) is 85.1 cm³/mol. The highest BCUT2D eigenvalue weighted by atomic mass is 32.1. The Balaban J connectivity index is 1.85. The Morgan fingerprint density at radius 1 is 1.38 bits per heavy atom. The van der Waals surface area contributed by atoms with E-state index in [-0.39, 0.29) is 0 Å². The zero-order valence-electron chi connectivity index (χ0n) is 11.5. The zero-order chi connectivity index (χ0) is 14.8. The fourth-order valence-corrected chi connectivity index (χ4v) is 3.03. The minimum atomic E-state index is -0.887. The second-order valence-electron chi connectivity index (χ2n) is 4.79. The van der Waals surface area contributed by atoms with Gasteiger partial charge in [-0.1, -0.05) is 6.07 Å². The van der Waals surface area contributed by atoms with Gasteiger partial charge in [-0.3, -0.25) is 4.98 Å². The lowest BCUT2D eigenvalue weighted by molar-refractivity contribution is 0.0697. The van der Waals surface area contributed by atoms with Crippen LogP contribution in [-0.2, 0) is 6.54 Å². The van der Waals surface area contributed by atoms with E-state index < -0.39 is 5.97 Å². The van der Waals surface area contributed by atoms with Gasteiger partial charge in [-0.2, -0.15) is 0 Å². The molecule has 4 nitrogen and oxygen atoms in total. The van der Waals surface area contributed by atoms with Crippen molar-refractivity contribution in [1.29, 1.82) is 0 Å². The Hall–Kier alpha value is -2.40. The molecule has 0 saturated heterocycles. The number of carboxylic acids is 1. The number of benzene rings is 1. The number of carboxylic acid groups (broad SMARTS) is 1. The Morgan fingerprint density at radius 2 is 2.24 bits per heavy atom. The average molecular weight is 298 g/mol. The van der Waals surface area contributed by atoms with E-state index in [2.05, 4.69) is 10.3 Å². The number of fused-ring (bicyclic) bond motifs is 1. The van der Waals surface area contributed by atoms with Crippen molar-refractivity contribution >= 4 is 33.9 Å². The van der Waals surface area contributed by atoms with E-state index in [1.165, 1.54) is 11.3 Å². The largest absolute Gasteiger partial charge is 0.478 e. The standard InChI is InChI=1S/C16H14N2O2S/c1-10-4-5-14(13-3-2-6-17-15(10)13)18-8-12-7-11(9-21-12)16(19)20/h2-7,9,18H,8H2,1H3,(H,19,20). The maximum absolute atomic E-state index is 10.9. The van der Waals surface area contributed by atoms with Crippen molar-refractivity contribution in [2.75, 3.05) is 5.32 Å². The second kappa shape index (κ2) is 5.54. The summed E-state index contributed by atoms with van der Waals surface area (Å²) in [5.41, 5.74) is 3.47. The minimum Gasteiger partial charge on any atom is -0.478 e. The van der Waals surface area contributed by atoms with Gasteiger partial charge in [-0.15, -0.1) is 11.3 Å². The monoisotopic (exact) mass is 298 g/mol. The van der Waals surface area contributed by atoms with Crippen molar-refractivity contribution in [2.45, 2.75) is 13.5 Å². The van der Waals surface area contributed by atoms with E-state index in [1.807, 2.05) is 31.2 Å². The van der Waals surface area contributed by atoms with Gasteiger partial charge in [-0.25, -0.2) is 4.79 Å². The molecule has 2 N–H and O–H groups in total. The summed E-state index contributed by atoms with van der Waals surface area (Å²) in [6.07, 6.45) is 1.79. The van der Waals surface area contributed by atoms with Crippen molar-refractivity contribution in [3.8, 4) is 0 Å². The van der Waals surface area contributed by atoms with Crippen molar-refractivity contribution < 1.29 is 9.90 Å². The normalized spacial score (nSPS) is 10.7. The van der Waals surface area contributed by atoms with Crippen molar-refractivity contribution in [1.82, 2.24) is 4.98 Å². The third kappa shape index (κ3) is 2.73. The molecule has 21 heavy (non-hydrogen) atoms. The topological polar surface area (TPSA) is 62.2 Å². The van der Waals surface area contributed by atoms with Crippen LogP contribution in [0.25, 0.3) is 10.9 Å². The summed E-state index contributed by atoms with van der Waals surface area (Å²) in [4.78, 5) is 16.3. The fraction of sp³-hybridized carbons (Fsp3) is 0.125. The van der Waals surface area contributed by atoms with Crippen LogP contribution < -0.4 is 5.32 Å². The highest BCUT2D eigenvalue weighted by Gasteiger charge is 2.08. The number of carbonyl (C=O) groups is 1. The van der Waals surface area contributed by atoms with Crippen LogP contribution >= 0.6 is 11.3 Å². The molecule has 3 rings (SSSR count).